The Bertz CT molecular complexity index is 806. The summed E-state index contributed by atoms with van der Waals surface area (Å²) in [5.74, 6) is 1.02. The highest BCUT2D eigenvalue weighted by Crippen LogP contribution is 2.36. The smallest absolute Gasteiger partial charge is 0.410 e. The van der Waals surface area contributed by atoms with Gasteiger partial charge in [-0.3, -0.25) is 0 Å². The van der Waals surface area contributed by atoms with Gasteiger partial charge in [0.15, 0.2) is 0 Å². The molecular weight excluding hydrogens is 364 g/mol. The fourth-order valence-corrected chi connectivity index (χ4v) is 4.23. The first kappa shape index (κ1) is 19.7. The minimum atomic E-state index is -0.230. The summed E-state index contributed by atoms with van der Waals surface area (Å²) >= 11 is 0. The summed E-state index contributed by atoms with van der Waals surface area (Å²) in [7, 11) is 2.16. The minimum absolute atomic E-state index is 0.0235. The van der Waals surface area contributed by atoms with Gasteiger partial charge in [0, 0.05) is 44.5 Å². The molecular formula is C23H30N4O2. The van der Waals surface area contributed by atoms with Crippen LogP contribution in [0, 0.1) is 0 Å². The highest BCUT2D eigenvalue weighted by Gasteiger charge is 2.32. The zero-order valence-corrected chi connectivity index (χ0v) is 17.2. The van der Waals surface area contributed by atoms with E-state index in [1.165, 1.54) is 0 Å². The summed E-state index contributed by atoms with van der Waals surface area (Å²) in [5.41, 5.74) is 2.15. The number of ether oxygens (including phenoxy) is 1. The lowest BCUT2D eigenvalue weighted by atomic mass is 9.95. The SMILES string of the molecule is CN1CCN(c2ncccc2[C@@H]2CCCCN2C(=O)OCc2ccccc2)CC1. The summed E-state index contributed by atoms with van der Waals surface area (Å²) in [5, 5.41) is 0. The average molecular weight is 395 g/mol. The molecule has 0 saturated carbocycles. The van der Waals surface area contributed by atoms with Crippen LogP contribution in [0.4, 0.5) is 10.6 Å². The maximum absolute atomic E-state index is 12.9. The number of carbonyl (C=O) groups excluding carboxylic acids is 1. The van der Waals surface area contributed by atoms with Crippen molar-refractivity contribution >= 4 is 11.9 Å². The number of hydrogen-bond acceptors (Lipinski definition) is 5. The maximum Gasteiger partial charge on any atom is 0.410 e. The molecule has 2 aromatic rings. The van der Waals surface area contributed by atoms with Gasteiger partial charge in [0.05, 0.1) is 6.04 Å². The van der Waals surface area contributed by atoms with E-state index in [4.69, 9.17) is 9.72 Å². The number of likely N-dealkylation sites (tertiary alicyclic amines) is 1. The Kier molecular flexibility index (Phi) is 6.30. The average Bonchev–Trinajstić information content (AvgIpc) is 2.79. The van der Waals surface area contributed by atoms with E-state index >= 15 is 0 Å². The van der Waals surface area contributed by atoms with Gasteiger partial charge in [-0.05, 0) is 37.9 Å². The maximum atomic E-state index is 12.9. The molecule has 0 N–H and O–H groups in total. The Morgan fingerprint density at radius 3 is 2.62 bits per heavy atom. The van der Waals surface area contributed by atoms with E-state index in [9.17, 15) is 4.79 Å². The van der Waals surface area contributed by atoms with E-state index in [1.54, 1.807) is 0 Å². The zero-order valence-electron chi connectivity index (χ0n) is 17.2. The third-order valence-electron chi connectivity index (χ3n) is 5.92. The number of carbonyl (C=O) groups is 1. The molecule has 0 unspecified atom stereocenters. The Morgan fingerprint density at radius 1 is 1.03 bits per heavy atom. The molecule has 1 aromatic heterocycles. The van der Waals surface area contributed by atoms with Crippen molar-refractivity contribution in [3.05, 3.63) is 59.8 Å². The lowest BCUT2D eigenvalue weighted by Gasteiger charge is -2.39. The summed E-state index contributed by atoms with van der Waals surface area (Å²) in [6.45, 7) is 5.03. The van der Waals surface area contributed by atoms with Crippen molar-refractivity contribution in [2.45, 2.75) is 31.9 Å². The second kappa shape index (κ2) is 9.27. The molecule has 6 nitrogen and oxygen atoms in total. The Hall–Kier alpha value is -2.60. The Morgan fingerprint density at radius 2 is 1.83 bits per heavy atom. The molecule has 0 bridgehead atoms. The molecule has 2 aliphatic rings. The van der Waals surface area contributed by atoms with Crippen LogP contribution >= 0.6 is 0 Å². The molecule has 1 atom stereocenters. The van der Waals surface area contributed by atoms with Crippen LogP contribution in [0.3, 0.4) is 0 Å². The van der Waals surface area contributed by atoms with E-state index in [1.807, 2.05) is 47.5 Å². The van der Waals surface area contributed by atoms with Crippen LogP contribution in [0.2, 0.25) is 0 Å². The highest BCUT2D eigenvalue weighted by molar-refractivity contribution is 5.69. The lowest BCUT2D eigenvalue weighted by molar-refractivity contribution is 0.0679. The van der Waals surface area contributed by atoms with Gasteiger partial charge >= 0.3 is 6.09 Å². The molecule has 0 radical (unpaired) electrons. The van der Waals surface area contributed by atoms with Gasteiger partial charge < -0.3 is 19.4 Å². The molecule has 3 heterocycles. The van der Waals surface area contributed by atoms with Crippen molar-refractivity contribution in [1.29, 1.82) is 0 Å². The first-order valence-electron chi connectivity index (χ1n) is 10.6. The number of aromatic nitrogens is 1. The first-order valence-corrected chi connectivity index (χ1v) is 10.6. The summed E-state index contributed by atoms with van der Waals surface area (Å²) < 4.78 is 5.67. The van der Waals surface area contributed by atoms with E-state index in [0.717, 1.165) is 68.9 Å². The molecule has 154 valence electrons. The van der Waals surface area contributed by atoms with Gasteiger partial charge in [-0.15, -0.1) is 0 Å². The molecule has 1 amide bonds. The van der Waals surface area contributed by atoms with Crippen molar-refractivity contribution < 1.29 is 9.53 Å². The topological polar surface area (TPSA) is 48.9 Å². The minimum Gasteiger partial charge on any atom is -0.445 e. The zero-order chi connectivity index (χ0) is 20.1. The van der Waals surface area contributed by atoms with Crippen molar-refractivity contribution in [2.75, 3.05) is 44.7 Å². The second-order valence-corrected chi connectivity index (χ2v) is 7.95. The van der Waals surface area contributed by atoms with Crippen LogP contribution < -0.4 is 4.90 Å². The Balaban J connectivity index is 1.51. The van der Waals surface area contributed by atoms with Crippen molar-refractivity contribution in [3.8, 4) is 0 Å². The third-order valence-corrected chi connectivity index (χ3v) is 5.92. The second-order valence-electron chi connectivity index (χ2n) is 7.95. The number of hydrogen-bond donors (Lipinski definition) is 0. The summed E-state index contributed by atoms with van der Waals surface area (Å²) in [6, 6.07) is 14.0. The molecule has 29 heavy (non-hydrogen) atoms. The molecule has 4 rings (SSSR count). The fraction of sp³-hybridized carbons (Fsp3) is 0.478. The number of nitrogens with zero attached hydrogens (tertiary/aromatic N) is 4. The molecule has 6 heteroatoms. The molecule has 2 aliphatic heterocycles. The van der Waals surface area contributed by atoms with E-state index in [-0.39, 0.29) is 12.1 Å². The van der Waals surface area contributed by atoms with Gasteiger partial charge in [0.25, 0.3) is 0 Å². The molecule has 1 aromatic carbocycles. The van der Waals surface area contributed by atoms with Crippen LogP contribution in [0.25, 0.3) is 0 Å². The van der Waals surface area contributed by atoms with Gasteiger partial charge in [-0.25, -0.2) is 9.78 Å². The number of amides is 1. The van der Waals surface area contributed by atoms with Crippen molar-refractivity contribution in [3.63, 3.8) is 0 Å². The quantitative estimate of drug-likeness (QED) is 0.791. The van der Waals surface area contributed by atoms with Crippen LogP contribution in [-0.4, -0.2) is 60.6 Å². The van der Waals surface area contributed by atoms with Crippen LogP contribution in [0.15, 0.2) is 48.7 Å². The lowest BCUT2D eigenvalue weighted by Crippen LogP contribution is -2.46. The fourth-order valence-electron chi connectivity index (χ4n) is 4.23. The van der Waals surface area contributed by atoms with Crippen LogP contribution in [-0.2, 0) is 11.3 Å². The van der Waals surface area contributed by atoms with E-state index in [0.29, 0.717) is 6.61 Å². The van der Waals surface area contributed by atoms with Gasteiger partial charge in [-0.1, -0.05) is 36.4 Å². The molecule has 2 fully saturated rings. The number of piperazine rings is 1. The van der Waals surface area contributed by atoms with Crippen molar-refractivity contribution in [2.24, 2.45) is 0 Å². The number of likely N-dealkylation sites (N-methyl/N-ethyl adjacent to an activating group) is 1. The van der Waals surface area contributed by atoms with E-state index < -0.39 is 0 Å². The third kappa shape index (κ3) is 4.70. The summed E-state index contributed by atoms with van der Waals surface area (Å²) in [4.78, 5) is 24.3. The van der Waals surface area contributed by atoms with Gasteiger partial charge in [-0.2, -0.15) is 0 Å². The number of piperidine rings is 1. The normalized spacial score (nSPS) is 20.5. The Labute approximate surface area is 173 Å². The van der Waals surface area contributed by atoms with Crippen LogP contribution in [0.1, 0.15) is 36.4 Å². The summed E-state index contributed by atoms with van der Waals surface area (Å²) in [6.07, 6.45) is 4.71. The molecule has 0 spiro atoms. The number of benzene rings is 1. The highest BCUT2D eigenvalue weighted by atomic mass is 16.6. The first-order chi connectivity index (χ1) is 14.2. The molecule has 0 aliphatic carbocycles. The van der Waals surface area contributed by atoms with Crippen LogP contribution in [0.5, 0.6) is 0 Å². The predicted molar refractivity (Wildman–Crippen MR) is 114 cm³/mol. The molecule has 2 saturated heterocycles. The largest absolute Gasteiger partial charge is 0.445 e. The number of rotatable bonds is 4. The van der Waals surface area contributed by atoms with E-state index in [2.05, 4.69) is 22.9 Å². The van der Waals surface area contributed by atoms with Gasteiger partial charge in [0.2, 0.25) is 0 Å². The number of anilines is 1. The monoisotopic (exact) mass is 394 g/mol. The standard InChI is InChI=1S/C23H30N4O2/c1-25-14-16-26(17-15-25)22-20(10-7-12-24-22)21-11-5-6-13-27(21)23(28)29-18-19-8-3-2-4-9-19/h2-4,7-10,12,21H,5-6,11,13-18H2,1H3/t21-/m0/s1. The predicted octanol–water partition coefficient (Wildman–Crippen LogP) is 3.70. The van der Waals surface area contributed by atoms with Crippen molar-refractivity contribution in [1.82, 2.24) is 14.8 Å². The number of pyridine rings is 1. The van der Waals surface area contributed by atoms with Gasteiger partial charge in [0.1, 0.15) is 12.4 Å².